The minimum absolute atomic E-state index is 0.0928. The number of carbonyl (C=O) groups excluding carboxylic acids is 1. The number of aryl methyl sites for hydroxylation is 2. The van der Waals surface area contributed by atoms with E-state index in [1.165, 1.54) is 0 Å². The molecule has 27 heavy (non-hydrogen) atoms. The molecule has 1 aliphatic heterocycles. The highest BCUT2D eigenvalue weighted by Gasteiger charge is 2.27. The van der Waals surface area contributed by atoms with Crippen molar-refractivity contribution in [3.05, 3.63) is 53.7 Å². The van der Waals surface area contributed by atoms with Crippen LogP contribution in [-0.2, 0) is 0 Å². The van der Waals surface area contributed by atoms with Crippen molar-refractivity contribution in [3.63, 3.8) is 0 Å². The number of hydrogen-bond donors (Lipinski definition) is 0. The van der Waals surface area contributed by atoms with Crippen LogP contribution >= 0.6 is 0 Å². The van der Waals surface area contributed by atoms with E-state index in [9.17, 15) is 4.79 Å². The first-order valence-corrected chi connectivity index (χ1v) is 9.08. The van der Waals surface area contributed by atoms with Gasteiger partial charge in [0.15, 0.2) is 0 Å². The number of benzene rings is 1. The Kier molecular flexibility index (Phi) is 4.66. The molecule has 0 saturated carbocycles. The van der Waals surface area contributed by atoms with Gasteiger partial charge in [0.2, 0.25) is 5.88 Å². The van der Waals surface area contributed by atoms with Crippen LogP contribution in [-0.4, -0.2) is 49.9 Å². The molecule has 0 aliphatic carbocycles. The molecule has 2 aromatic heterocycles. The van der Waals surface area contributed by atoms with Crippen LogP contribution in [0.5, 0.6) is 5.88 Å². The Bertz CT molecular complexity index is 971. The van der Waals surface area contributed by atoms with E-state index >= 15 is 0 Å². The van der Waals surface area contributed by atoms with Gasteiger partial charge in [-0.15, -0.1) is 0 Å². The van der Waals surface area contributed by atoms with Gasteiger partial charge in [-0.1, -0.05) is 12.1 Å². The molecule has 1 aromatic carbocycles. The lowest BCUT2D eigenvalue weighted by molar-refractivity contribution is 0.0521. The molecule has 1 fully saturated rings. The molecule has 3 heterocycles. The van der Waals surface area contributed by atoms with E-state index in [1.807, 2.05) is 44.2 Å². The Balaban J connectivity index is 1.48. The molecule has 1 atom stereocenters. The molecule has 0 N–H and O–H groups in total. The van der Waals surface area contributed by atoms with Crippen LogP contribution in [0.3, 0.4) is 0 Å². The zero-order chi connectivity index (χ0) is 18.8. The van der Waals surface area contributed by atoms with Crippen LogP contribution in [0.25, 0.3) is 11.0 Å². The van der Waals surface area contributed by atoms with Crippen molar-refractivity contribution in [2.45, 2.75) is 32.8 Å². The highest BCUT2D eigenvalue weighted by Crippen LogP contribution is 2.19. The molecule has 4 rings (SSSR count). The summed E-state index contributed by atoms with van der Waals surface area (Å²) in [5, 5.41) is 0. The van der Waals surface area contributed by atoms with Gasteiger partial charge in [0.05, 0.1) is 23.8 Å². The van der Waals surface area contributed by atoms with Crippen LogP contribution in [0.15, 0.2) is 36.5 Å². The molecule has 0 bridgehead atoms. The molecule has 7 nitrogen and oxygen atoms in total. The zero-order valence-corrected chi connectivity index (χ0v) is 15.4. The molecule has 138 valence electrons. The number of aromatic nitrogens is 4. The van der Waals surface area contributed by atoms with Gasteiger partial charge in [-0.25, -0.2) is 9.97 Å². The minimum atomic E-state index is -0.114. The normalized spacial score (nSPS) is 17.1. The maximum Gasteiger partial charge on any atom is 0.274 e. The van der Waals surface area contributed by atoms with Gasteiger partial charge >= 0.3 is 0 Å². The van der Waals surface area contributed by atoms with Gasteiger partial charge in [-0.3, -0.25) is 9.78 Å². The quantitative estimate of drug-likeness (QED) is 0.712. The van der Waals surface area contributed by atoms with Crippen LogP contribution in [0.4, 0.5) is 0 Å². The van der Waals surface area contributed by atoms with Gasteiger partial charge in [0.1, 0.15) is 17.6 Å². The maximum absolute atomic E-state index is 12.9. The standard InChI is InChI=1S/C20H21N5O2/c1-13-10-19(23-14(2)22-13)27-15-6-5-9-25(12-15)20(26)18-11-21-16-7-3-4-8-17(16)24-18/h3-4,7-8,10-11,15H,5-6,9,12H2,1-2H3/t15-/m1/s1. The summed E-state index contributed by atoms with van der Waals surface area (Å²) in [6, 6.07) is 9.36. The van der Waals surface area contributed by atoms with E-state index in [0.717, 1.165) is 29.6 Å². The van der Waals surface area contributed by atoms with E-state index in [4.69, 9.17) is 4.74 Å². The summed E-state index contributed by atoms with van der Waals surface area (Å²) < 4.78 is 6.02. The summed E-state index contributed by atoms with van der Waals surface area (Å²) in [4.78, 5) is 32.1. The number of hydrogen-bond acceptors (Lipinski definition) is 6. The Labute approximate surface area is 157 Å². The highest BCUT2D eigenvalue weighted by molar-refractivity contribution is 5.93. The Hall–Kier alpha value is -3.09. The van der Waals surface area contributed by atoms with E-state index in [-0.39, 0.29) is 12.0 Å². The average Bonchev–Trinajstić information content (AvgIpc) is 2.66. The summed E-state index contributed by atoms with van der Waals surface area (Å²) in [6.07, 6.45) is 3.21. The Morgan fingerprint density at radius 3 is 2.78 bits per heavy atom. The number of nitrogens with zero attached hydrogens (tertiary/aromatic N) is 5. The van der Waals surface area contributed by atoms with Gasteiger partial charge < -0.3 is 9.64 Å². The largest absolute Gasteiger partial charge is 0.472 e. The summed E-state index contributed by atoms with van der Waals surface area (Å²) in [6.45, 7) is 4.95. The number of fused-ring (bicyclic) bond motifs is 1. The lowest BCUT2D eigenvalue weighted by Crippen LogP contribution is -2.44. The Morgan fingerprint density at radius 1 is 1.15 bits per heavy atom. The van der Waals surface area contributed by atoms with Gasteiger partial charge in [0.25, 0.3) is 5.91 Å². The fourth-order valence-corrected chi connectivity index (χ4v) is 3.36. The predicted molar refractivity (Wildman–Crippen MR) is 101 cm³/mol. The summed E-state index contributed by atoms with van der Waals surface area (Å²) in [5.41, 5.74) is 2.74. The number of likely N-dealkylation sites (tertiary alicyclic amines) is 1. The summed E-state index contributed by atoms with van der Waals surface area (Å²) in [5.74, 6) is 1.13. The molecule has 1 amide bonds. The lowest BCUT2D eigenvalue weighted by atomic mass is 10.1. The van der Waals surface area contributed by atoms with Crippen molar-refractivity contribution in [1.82, 2.24) is 24.8 Å². The number of rotatable bonds is 3. The molecule has 0 radical (unpaired) electrons. The van der Waals surface area contributed by atoms with E-state index < -0.39 is 0 Å². The molecule has 0 spiro atoms. The van der Waals surface area contributed by atoms with Crippen molar-refractivity contribution in [1.29, 1.82) is 0 Å². The second kappa shape index (κ2) is 7.26. The van der Waals surface area contributed by atoms with Crippen molar-refractivity contribution >= 4 is 16.9 Å². The maximum atomic E-state index is 12.9. The molecule has 3 aromatic rings. The number of para-hydroxylation sites is 2. The average molecular weight is 363 g/mol. The third kappa shape index (κ3) is 3.86. The predicted octanol–water partition coefficient (Wildman–Crippen LogP) is 2.72. The molecular formula is C20H21N5O2. The molecule has 7 heteroatoms. The highest BCUT2D eigenvalue weighted by atomic mass is 16.5. The van der Waals surface area contributed by atoms with E-state index in [1.54, 1.807) is 11.1 Å². The molecule has 1 saturated heterocycles. The minimum Gasteiger partial charge on any atom is -0.472 e. The lowest BCUT2D eigenvalue weighted by Gasteiger charge is -2.32. The first kappa shape index (κ1) is 17.3. The monoisotopic (exact) mass is 363 g/mol. The van der Waals surface area contributed by atoms with Crippen LogP contribution in [0.2, 0.25) is 0 Å². The van der Waals surface area contributed by atoms with Crippen LogP contribution < -0.4 is 4.74 Å². The summed E-state index contributed by atoms with van der Waals surface area (Å²) >= 11 is 0. The van der Waals surface area contributed by atoms with Crippen molar-refractivity contribution in [2.75, 3.05) is 13.1 Å². The SMILES string of the molecule is Cc1cc(O[C@@H]2CCCN(C(=O)c3cnc4ccccc4n3)C2)nc(C)n1. The number of ether oxygens (including phenoxy) is 1. The smallest absolute Gasteiger partial charge is 0.274 e. The van der Waals surface area contributed by atoms with Gasteiger partial charge in [-0.2, -0.15) is 4.98 Å². The van der Waals surface area contributed by atoms with Crippen molar-refractivity contribution < 1.29 is 9.53 Å². The first-order valence-electron chi connectivity index (χ1n) is 9.08. The molecule has 0 unspecified atom stereocenters. The molecular weight excluding hydrogens is 342 g/mol. The van der Waals surface area contributed by atoms with Crippen molar-refractivity contribution in [2.24, 2.45) is 0 Å². The first-order chi connectivity index (χ1) is 13.1. The van der Waals surface area contributed by atoms with Crippen LogP contribution in [0.1, 0.15) is 34.8 Å². The fourth-order valence-electron chi connectivity index (χ4n) is 3.36. The fraction of sp³-hybridized carbons (Fsp3) is 0.350. The third-order valence-corrected chi connectivity index (χ3v) is 4.56. The zero-order valence-electron chi connectivity index (χ0n) is 15.4. The van der Waals surface area contributed by atoms with Gasteiger partial charge in [-0.05, 0) is 38.8 Å². The van der Waals surface area contributed by atoms with Crippen molar-refractivity contribution in [3.8, 4) is 5.88 Å². The van der Waals surface area contributed by atoms with Crippen LogP contribution in [0, 0.1) is 13.8 Å². The third-order valence-electron chi connectivity index (χ3n) is 4.56. The number of carbonyl (C=O) groups is 1. The van der Waals surface area contributed by atoms with E-state index in [2.05, 4.69) is 19.9 Å². The topological polar surface area (TPSA) is 81.1 Å². The van der Waals surface area contributed by atoms with E-state index in [0.29, 0.717) is 30.5 Å². The number of amides is 1. The molecule has 1 aliphatic rings. The summed E-state index contributed by atoms with van der Waals surface area (Å²) in [7, 11) is 0. The second-order valence-corrected chi connectivity index (χ2v) is 6.77. The number of piperidine rings is 1. The Morgan fingerprint density at radius 2 is 1.96 bits per heavy atom. The second-order valence-electron chi connectivity index (χ2n) is 6.77. The van der Waals surface area contributed by atoms with Gasteiger partial charge in [0, 0.05) is 18.3 Å².